The van der Waals surface area contributed by atoms with Gasteiger partial charge in [0.1, 0.15) is 0 Å². The van der Waals surface area contributed by atoms with Crippen LogP contribution in [0.15, 0.2) is 0 Å². The number of rotatable bonds is 0. The van der Waals surface area contributed by atoms with Crippen LogP contribution >= 0.6 is 0 Å². The molecule has 3 rings (SSSR count). The summed E-state index contributed by atoms with van der Waals surface area (Å²) < 4.78 is 5.72. The summed E-state index contributed by atoms with van der Waals surface area (Å²) in [6.45, 7) is 8.55. The molecule has 1 aliphatic heterocycles. The number of hydrogen-bond donors (Lipinski definition) is 0. The quantitative estimate of drug-likeness (QED) is 0.552. The minimum Gasteiger partial charge on any atom is -0.370 e. The van der Waals surface area contributed by atoms with Crippen molar-refractivity contribution in [2.75, 3.05) is 6.61 Å². The van der Waals surface area contributed by atoms with Crippen LogP contribution in [-0.2, 0) is 4.74 Å². The van der Waals surface area contributed by atoms with Gasteiger partial charge in [-0.15, -0.1) is 0 Å². The lowest BCUT2D eigenvalue weighted by Gasteiger charge is -2.55. The van der Waals surface area contributed by atoms with Crippen molar-refractivity contribution in [3.05, 3.63) is 0 Å². The molecule has 15 heavy (non-hydrogen) atoms. The van der Waals surface area contributed by atoms with E-state index in [9.17, 15) is 0 Å². The van der Waals surface area contributed by atoms with Gasteiger partial charge in [-0.05, 0) is 48.9 Å². The average Bonchev–Trinajstić information content (AvgIpc) is 2.81. The highest BCUT2D eigenvalue weighted by Gasteiger charge is 2.58. The molecular weight excluding hydrogens is 184 g/mol. The topological polar surface area (TPSA) is 12.5 Å². The third-order valence-corrected chi connectivity index (χ3v) is 5.52. The van der Waals surface area contributed by atoms with E-state index in [-0.39, 0.29) is 0 Å². The molecule has 0 aromatic carbocycles. The van der Waals surface area contributed by atoms with E-state index in [2.05, 4.69) is 20.8 Å². The lowest BCUT2D eigenvalue weighted by molar-refractivity contribution is -0.0566. The predicted molar refractivity (Wildman–Crippen MR) is 61.8 cm³/mol. The zero-order valence-corrected chi connectivity index (χ0v) is 10.4. The molecule has 1 heterocycles. The van der Waals surface area contributed by atoms with Gasteiger partial charge >= 0.3 is 0 Å². The zero-order chi connectivity index (χ0) is 10.7. The molecule has 0 amide bonds. The number of ether oxygens (including phenoxy) is 1. The third kappa shape index (κ3) is 1.46. The third-order valence-electron chi connectivity index (χ3n) is 5.52. The molecule has 3 aliphatic rings. The molecule has 0 aromatic rings. The van der Waals surface area contributed by atoms with Crippen molar-refractivity contribution in [3.8, 4) is 0 Å². The normalized spacial score (nSPS) is 52.6. The second kappa shape index (κ2) is 2.80. The van der Waals surface area contributed by atoms with Crippen LogP contribution in [0.2, 0.25) is 0 Å². The highest BCUT2D eigenvalue weighted by molar-refractivity contribution is 5.08. The Balaban J connectivity index is 1.87. The Labute approximate surface area is 93.6 Å². The molecule has 1 heteroatoms. The maximum absolute atomic E-state index is 5.72. The maximum atomic E-state index is 5.72. The van der Waals surface area contributed by atoms with Gasteiger partial charge in [0.05, 0.1) is 12.2 Å². The minimum atomic E-state index is 0.346. The van der Waals surface area contributed by atoms with Gasteiger partial charge < -0.3 is 4.74 Å². The van der Waals surface area contributed by atoms with Crippen LogP contribution < -0.4 is 0 Å². The van der Waals surface area contributed by atoms with Gasteiger partial charge in [0.15, 0.2) is 0 Å². The van der Waals surface area contributed by atoms with E-state index in [1.807, 2.05) is 0 Å². The van der Waals surface area contributed by atoms with Crippen molar-refractivity contribution in [3.63, 3.8) is 0 Å². The summed E-state index contributed by atoms with van der Waals surface area (Å²) in [6, 6.07) is 0. The first-order valence-electron chi connectivity index (χ1n) is 6.60. The maximum Gasteiger partial charge on any atom is 0.0922 e. The second-order valence-corrected chi connectivity index (χ2v) is 7.24. The standard InChI is InChI=1S/C14H24O/c1-12(2)6-4-7-13(3)9-14(10-15-14)8-5-11(12)13/h11H,4-10H2,1-3H3/t11-,13+,14-/m0/s1. The van der Waals surface area contributed by atoms with Crippen LogP contribution in [0.4, 0.5) is 0 Å². The van der Waals surface area contributed by atoms with Crippen LogP contribution in [0.3, 0.4) is 0 Å². The summed E-state index contributed by atoms with van der Waals surface area (Å²) in [5.74, 6) is 0.938. The van der Waals surface area contributed by atoms with Gasteiger partial charge in [0.2, 0.25) is 0 Å². The molecule has 0 radical (unpaired) electrons. The highest BCUT2D eigenvalue weighted by atomic mass is 16.6. The molecular formula is C14H24O. The fraction of sp³-hybridized carbons (Fsp3) is 1.00. The van der Waals surface area contributed by atoms with E-state index in [0.717, 1.165) is 12.5 Å². The molecule has 3 fully saturated rings. The Bertz CT molecular complexity index is 277. The van der Waals surface area contributed by atoms with Crippen molar-refractivity contribution in [1.82, 2.24) is 0 Å². The van der Waals surface area contributed by atoms with E-state index >= 15 is 0 Å². The smallest absolute Gasteiger partial charge is 0.0922 e. The van der Waals surface area contributed by atoms with E-state index < -0.39 is 0 Å². The average molecular weight is 208 g/mol. The monoisotopic (exact) mass is 208 g/mol. The van der Waals surface area contributed by atoms with Crippen LogP contribution in [0.25, 0.3) is 0 Å². The molecule has 0 N–H and O–H groups in total. The lowest BCUT2D eigenvalue weighted by atomic mass is 9.50. The van der Waals surface area contributed by atoms with E-state index in [1.165, 1.54) is 38.5 Å². The molecule has 2 aliphatic carbocycles. The van der Waals surface area contributed by atoms with Crippen molar-refractivity contribution < 1.29 is 4.74 Å². The zero-order valence-electron chi connectivity index (χ0n) is 10.4. The summed E-state index contributed by atoms with van der Waals surface area (Å²) in [5.41, 5.74) is 1.50. The summed E-state index contributed by atoms with van der Waals surface area (Å²) in [7, 11) is 0. The van der Waals surface area contributed by atoms with Crippen molar-refractivity contribution in [1.29, 1.82) is 0 Å². The summed E-state index contributed by atoms with van der Waals surface area (Å²) >= 11 is 0. The summed E-state index contributed by atoms with van der Waals surface area (Å²) in [5, 5.41) is 0. The largest absolute Gasteiger partial charge is 0.370 e. The molecule has 0 unspecified atom stereocenters. The molecule has 2 saturated carbocycles. The van der Waals surface area contributed by atoms with Crippen molar-refractivity contribution in [2.24, 2.45) is 16.7 Å². The summed E-state index contributed by atoms with van der Waals surface area (Å²) in [6.07, 6.45) is 8.37. The predicted octanol–water partition coefficient (Wildman–Crippen LogP) is 3.77. The Morgan fingerprint density at radius 2 is 1.80 bits per heavy atom. The first-order chi connectivity index (χ1) is 6.96. The lowest BCUT2D eigenvalue weighted by Crippen LogP contribution is -2.48. The summed E-state index contributed by atoms with van der Waals surface area (Å²) in [4.78, 5) is 0. The van der Waals surface area contributed by atoms with Crippen LogP contribution in [-0.4, -0.2) is 12.2 Å². The van der Waals surface area contributed by atoms with E-state index in [1.54, 1.807) is 0 Å². The molecule has 1 spiro atoms. The Morgan fingerprint density at radius 3 is 2.47 bits per heavy atom. The Hall–Kier alpha value is -0.0400. The molecule has 3 atom stereocenters. The minimum absolute atomic E-state index is 0.346. The molecule has 0 aromatic heterocycles. The van der Waals surface area contributed by atoms with E-state index in [0.29, 0.717) is 16.4 Å². The molecule has 86 valence electrons. The van der Waals surface area contributed by atoms with E-state index in [4.69, 9.17) is 4.74 Å². The van der Waals surface area contributed by atoms with Gasteiger partial charge in [-0.25, -0.2) is 0 Å². The highest BCUT2D eigenvalue weighted by Crippen LogP contribution is 2.62. The number of fused-ring (bicyclic) bond motifs is 1. The molecule has 1 saturated heterocycles. The first-order valence-corrected chi connectivity index (χ1v) is 6.60. The number of hydrogen-bond acceptors (Lipinski definition) is 1. The fourth-order valence-corrected chi connectivity index (χ4v) is 4.77. The first kappa shape index (κ1) is 10.1. The fourth-order valence-electron chi connectivity index (χ4n) is 4.77. The van der Waals surface area contributed by atoms with Gasteiger partial charge in [-0.1, -0.05) is 27.2 Å². The van der Waals surface area contributed by atoms with Gasteiger partial charge in [-0.3, -0.25) is 0 Å². The second-order valence-electron chi connectivity index (χ2n) is 7.24. The molecule has 1 nitrogen and oxygen atoms in total. The van der Waals surface area contributed by atoms with Crippen LogP contribution in [0.5, 0.6) is 0 Å². The van der Waals surface area contributed by atoms with Crippen molar-refractivity contribution >= 4 is 0 Å². The molecule has 0 bridgehead atoms. The SMILES string of the molecule is CC1(C)CCC[C@]2(C)C[C@@]3(CC[C@@H]12)CO3. The van der Waals surface area contributed by atoms with Gasteiger partial charge in [0, 0.05) is 0 Å². The Kier molecular flexibility index (Phi) is 1.89. The van der Waals surface area contributed by atoms with Crippen molar-refractivity contribution in [2.45, 2.75) is 64.9 Å². The van der Waals surface area contributed by atoms with Gasteiger partial charge in [-0.2, -0.15) is 0 Å². The van der Waals surface area contributed by atoms with Crippen LogP contribution in [0.1, 0.15) is 59.3 Å². The van der Waals surface area contributed by atoms with Gasteiger partial charge in [0.25, 0.3) is 0 Å². The number of epoxide rings is 1. The van der Waals surface area contributed by atoms with Crippen LogP contribution in [0, 0.1) is 16.7 Å². The Morgan fingerprint density at radius 1 is 1.07 bits per heavy atom.